The molecule has 0 saturated heterocycles. The summed E-state index contributed by atoms with van der Waals surface area (Å²) >= 11 is 0. The molecular weight excluding hydrogens is 424 g/mol. The van der Waals surface area contributed by atoms with Crippen LogP contribution in [0, 0.1) is 46.3 Å². The van der Waals surface area contributed by atoms with Gasteiger partial charge in [-0.2, -0.15) is 5.21 Å². The number of H-pyrrole nitrogens is 1. The predicted molar refractivity (Wildman–Crippen MR) is 133 cm³/mol. The van der Waals surface area contributed by atoms with Gasteiger partial charge in [0.1, 0.15) is 0 Å². The normalized spacial score (nSPS) is 46.0. The fraction of sp³-hybridized carbons (Fsp3) is 0.964. The Labute approximate surface area is 206 Å². The summed E-state index contributed by atoms with van der Waals surface area (Å²) in [6, 6.07) is 0. The first kappa shape index (κ1) is 24.7. The van der Waals surface area contributed by atoms with E-state index < -0.39 is 0 Å². The molecule has 192 valence electrons. The molecule has 0 aromatic carbocycles. The molecular formula is C28H48N4O2. The van der Waals surface area contributed by atoms with Crippen LogP contribution in [0.2, 0.25) is 0 Å². The number of fused-ring (bicyclic) bond motifs is 5. The average Bonchev–Trinajstić information content (AvgIpc) is 3.45. The molecule has 4 aliphatic carbocycles. The largest absolute Gasteiger partial charge is 0.393 e. The van der Waals surface area contributed by atoms with Gasteiger partial charge in [0.2, 0.25) is 0 Å². The number of aliphatic hydroxyl groups is 2. The highest BCUT2D eigenvalue weighted by Crippen LogP contribution is 2.69. The molecule has 3 N–H and O–H groups in total. The SMILES string of the molecule is CC[C@H]1[C@@H](O)[C@@H]2[C@H](CC[C@]3(C)[C@@H](CCCCCCc4nn[nH]n4)CC[C@@H]23)[C@@]2(C)CC[C@@H](O)C[C@@H]12. The molecule has 0 bridgehead atoms. The molecule has 6 nitrogen and oxygen atoms in total. The second-order valence-electron chi connectivity index (χ2n) is 13.0. The van der Waals surface area contributed by atoms with Crippen LogP contribution in [0.15, 0.2) is 0 Å². The van der Waals surface area contributed by atoms with E-state index in [0.29, 0.717) is 40.4 Å². The van der Waals surface area contributed by atoms with Gasteiger partial charge in [-0.1, -0.05) is 51.7 Å². The van der Waals surface area contributed by atoms with E-state index in [-0.39, 0.29) is 12.2 Å². The molecule has 4 aliphatic rings. The molecule has 5 rings (SSSR count). The maximum atomic E-state index is 11.8. The van der Waals surface area contributed by atoms with Gasteiger partial charge < -0.3 is 10.2 Å². The van der Waals surface area contributed by atoms with Gasteiger partial charge in [0.05, 0.1) is 12.2 Å². The Hall–Kier alpha value is -1.01. The highest BCUT2D eigenvalue weighted by Gasteiger charge is 2.64. The number of unbranched alkanes of at least 4 members (excludes halogenated alkanes) is 3. The third kappa shape index (κ3) is 4.15. The van der Waals surface area contributed by atoms with Crippen LogP contribution < -0.4 is 0 Å². The number of rotatable bonds is 8. The number of hydrogen-bond donors (Lipinski definition) is 3. The molecule has 1 heterocycles. The monoisotopic (exact) mass is 472 g/mol. The number of tetrazole rings is 1. The first-order chi connectivity index (χ1) is 16.4. The van der Waals surface area contributed by atoms with E-state index in [1.54, 1.807) is 0 Å². The van der Waals surface area contributed by atoms with Gasteiger partial charge in [0.25, 0.3) is 0 Å². The minimum Gasteiger partial charge on any atom is -0.393 e. The molecule has 6 heteroatoms. The van der Waals surface area contributed by atoms with Gasteiger partial charge in [-0.05, 0) is 104 Å². The molecule has 0 aliphatic heterocycles. The standard InChI is InChI=1S/C28H48N4O2/c1-4-20-23-17-19(33)13-15-28(23,3)22-14-16-27(2)18(11-12-21(27)25(22)26(20)34)9-7-5-6-8-10-24-29-31-32-30-24/h18-23,25-26,33-34H,4-17H2,1-3H3,(H,29,30,31,32)/t18-,19+,20+,21-,22-,23-,25-,26+,27+,28+/m0/s1. The van der Waals surface area contributed by atoms with Gasteiger partial charge in [0.15, 0.2) is 5.82 Å². The Morgan fingerprint density at radius 1 is 0.912 bits per heavy atom. The molecule has 4 fully saturated rings. The van der Waals surface area contributed by atoms with E-state index in [4.69, 9.17) is 0 Å². The smallest absolute Gasteiger partial charge is 0.174 e. The van der Waals surface area contributed by atoms with E-state index in [2.05, 4.69) is 41.4 Å². The maximum Gasteiger partial charge on any atom is 0.174 e. The van der Waals surface area contributed by atoms with Gasteiger partial charge >= 0.3 is 0 Å². The van der Waals surface area contributed by atoms with Crippen LogP contribution in [0.4, 0.5) is 0 Å². The Morgan fingerprint density at radius 3 is 2.44 bits per heavy atom. The molecule has 0 spiro atoms. The highest BCUT2D eigenvalue weighted by molar-refractivity contribution is 5.13. The summed E-state index contributed by atoms with van der Waals surface area (Å²) in [7, 11) is 0. The van der Waals surface area contributed by atoms with Crippen molar-refractivity contribution in [3.63, 3.8) is 0 Å². The first-order valence-electron chi connectivity index (χ1n) is 14.5. The van der Waals surface area contributed by atoms with Crippen LogP contribution in [0.3, 0.4) is 0 Å². The number of aliphatic hydroxyl groups excluding tert-OH is 2. The van der Waals surface area contributed by atoms with Crippen LogP contribution in [0.5, 0.6) is 0 Å². The molecule has 4 saturated carbocycles. The number of hydrogen-bond acceptors (Lipinski definition) is 5. The van der Waals surface area contributed by atoms with Gasteiger partial charge in [-0.25, -0.2) is 0 Å². The number of nitrogens with zero attached hydrogens (tertiary/aromatic N) is 3. The third-order valence-electron chi connectivity index (χ3n) is 11.7. The van der Waals surface area contributed by atoms with Crippen molar-refractivity contribution < 1.29 is 10.2 Å². The zero-order valence-electron chi connectivity index (χ0n) is 21.8. The summed E-state index contributed by atoms with van der Waals surface area (Å²) in [5.41, 5.74) is 0.713. The molecule has 1 aromatic rings. The summed E-state index contributed by atoms with van der Waals surface area (Å²) in [4.78, 5) is 0. The molecule has 1 aromatic heterocycles. The van der Waals surface area contributed by atoms with Crippen molar-refractivity contribution in [2.45, 2.75) is 123 Å². The van der Waals surface area contributed by atoms with Gasteiger partial charge in [-0.15, -0.1) is 10.2 Å². The van der Waals surface area contributed by atoms with Crippen molar-refractivity contribution in [2.24, 2.45) is 46.3 Å². The lowest BCUT2D eigenvalue weighted by molar-refractivity contribution is -0.202. The molecule has 34 heavy (non-hydrogen) atoms. The third-order valence-corrected chi connectivity index (χ3v) is 11.7. The van der Waals surface area contributed by atoms with E-state index in [1.165, 1.54) is 51.4 Å². The summed E-state index contributed by atoms with van der Waals surface area (Å²) in [6.45, 7) is 7.40. The number of aryl methyl sites for hydroxylation is 1. The second kappa shape index (κ2) is 9.80. The van der Waals surface area contributed by atoms with E-state index >= 15 is 0 Å². The molecule has 0 unspecified atom stereocenters. The van der Waals surface area contributed by atoms with Gasteiger partial charge in [0, 0.05) is 6.42 Å². The predicted octanol–water partition coefficient (Wildman–Crippen LogP) is 5.32. The summed E-state index contributed by atoms with van der Waals surface area (Å²) in [5.74, 6) is 4.31. The first-order valence-corrected chi connectivity index (χ1v) is 14.5. The summed E-state index contributed by atoms with van der Waals surface area (Å²) < 4.78 is 0. The summed E-state index contributed by atoms with van der Waals surface area (Å²) in [5, 5.41) is 36.6. The Morgan fingerprint density at radius 2 is 1.68 bits per heavy atom. The van der Waals surface area contributed by atoms with Crippen molar-refractivity contribution in [1.29, 1.82) is 0 Å². The van der Waals surface area contributed by atoms with Crippen molar-refractivity contribution in [1.82, 2.24) is 20.6 Å². The molecule has 0 amide bonds. The fourth-order valence-electron chi connectivity index (χ4n) is 9.86. The Balaban J connectivity index is 1.22. The lowest BCUT2D eigenvalue weighted by atomic mass is 9.41. The quantitative estimate of drug-likeness (QED) is 0.445. The van der Waals surface area contributed by atoms with E-state index in [1.807, 2.05) is 0 Å². The van der Waals surface area contributed by atoms with E-state index in [9.17, 15) is 10.2 Å². The minimum absolute atomic E-state index is 0.159. The van der Waals surface area contributed by atoms with Crippen LogP contribution in [0.25, 0.3) is 0 Å². The van der Waals surface area contributed by atoms with Gasteiger partial charge in [-0.3, -0.25) is 0 Å². The Bertz CT molecular complexity index is 802. The van der Waals surface area contributed by atoms with Crippen molar-refractivity contribution >= 4 is 0 Å². The fourth-order valence-corrected chi connectivity index (χ4v) is 9.86. The topological polar surface area (TPSA) is 94.9 Å². The minimum atomic E-state index is -0.174. The molecule has 0 radical (unpaired) electrons. The lowest BCUT2D eigenvalue weighted by Gasteiger charge is -2.64. The highest BCUT2D eigenvalue weighted by atomic mass is 16.3. The van der Waals surface area contributed by atoms with Crippen molar-refractivity contribution in [3.05, 3.63) is 5.82 Å². The number of nitrogens with one attached hydrogen (secondary N) is 1. The molecule has 10 atom stereocenters. The van der Waals surface area contributed by atoms with Crippen LogP contribution >= 0.6 is 0 Å². The lowest BCUT2D eigenvalue weighted by Crippen LogP contribution is -2.62. The van der Waals surface area contributed by atoms with E-state index in [0.717, 1.165) is 50.3 Å². The number of aromatic amines is 1. The maximum absolute atomic E-state index is 11.8. The van der Waals surface area contributed by atoms with Crippen molar-refractivity contribution in [3.8, 4) is 0 Å². The van der Waals surface area contributed by atoms with Crippen LogP contribution in [0.1, 0.15) is 110 Å². The van der Waals surface area contributed by atoms with Crippen molar-refractivity contribution in [2.75, 3.05) is 0 Å². The second-order valence-corrected chi connectivity index (χ2v) is 13.0. The zero-order chi connectivity index (χ0) is 23.9. The number of aromatic nitrogens is 4. The zero-order valence-corrected chi connectivity index (χ0v) is 21.8. The van der Waals surface area contributed by atoms with Crippen LogP contribution in [-0.4, -0.2) is 43.0 Å². The summed E-state index contributed by atoms with van der Waals surface area (Å²) in [6.07, 6.45) is 16.3. The Kier molecular flexibility index (Phi) is 7.11. The van der Waals surface area contributed by atoms with Crippen LogP contribution in [-0.2, 0) is 6.42 Å². The average molecular weight is 473 g/mol.